The Morgan fingerprint density at radius 3 is 2.87 bits per heavy atom. The van der Waals surface area contributed by atoms with Crippen LogP contribution in [0.15, 0.2) is 18.3 Å². The number of hydrogen-bond donors (Lipinski definition) is 0. The molecule has 2 aromatic rings. The van der Waals surface area contributed by atoms with Gasteiger partial charge in [0.25, 0.3) is 0 Å². The molecule has 0 aromatic carbocycles. The molecule has 3 heterocycles. The van der Waals surface area contributed by atoms with Crippen molar-refractivity contribution in [2.75, 3.05) is 13.1 Å². The number of piperidine rings is 1. The first kappa shape index (κ1) is 16.1. The normalized spacial score (nSPS) is 19.4. The zero-order valence-electron chi connectivity index (χ0n) is 14.7. The fourth-order valence-electron chi connectivity index (χ4n) is 3.45. The summed E-state index contributed by atoms with van der Waals surface area (Å²) < 4.78 is 1.99. The molecule has 1 atom stereocenters. The zero-order valence-corrected chi connectivity index (χ0v) is 14.7. The highest BCUT2D eigenvalue weighted by Gasteiger charge is 2.24. The van der Waals surface area contributed by atoms with Crippen LogP contribution < -0.4 is 0 Å². The van der Waals surface area contributed by atoms with Gasteiger partial charge >= 0.3 is 0 Å². The van der Waals surface area contributed by atoms with Crippen molar-refractivity contribution in [1.29, 1.82) is 0 Å². The van der Waals surface area contributed by atoms with Gasteiger partial charge in [-0.15, -0.1) is 0 Å². The van der Waals surface area contributed by atoms with E-state index in [1.54, 1.807) is 0 Å². The standard InChI is InChI=1S/C18H27N5/c1-5-23-18(8-9-19-23)17-11-16(20-14(4)21-17)15-7-6-10-22(12-15)13(2)3/h8-9,11,13,15H,5-7,10,12H2,1-4H3/t15-/m0/s1. The number of nitrogens with zero attached hydrogens (tertiary/aromatic N) is 5. The van der Waals surface area contributed by atoms with Crippen molar-refractivity contribution in [1.82, 2.24) is 24.6 Å². The third-order valence-electron chi connectivity index (χ3n) is 4.74. The summed E-state index contributed by atoms with van der Waals surface area (Å²) >= 11 is 0. The molecule has 5 heteroatoms. The fourth-order valence-corrected chi connectivity index (χ4v) is 3.45. The van der Waals surface area contributed by atoms with Crippen molar-refractivity contribution >= 4 is 0 Å². The molecule has 2 aromatic heterocycles. The van der Waals surface area contributed by atoms with Gasteiger partial charge in [0.05, 0.1) is 11.4 Å². The fraction of sp³-hybridized carbons (Fsp3) is 0.611. The van der Waals surface area contributed by atoms with Gasteiger partial charge in [0.1, 0.15) is 5.82 Å². The van der Waals surface area contributed by atoms with Gasteiger partial charge in [0, 0.05) is 36.9 Å². The zero-order chi connectivity index (χ0) is 16.4. The highest BCUT2D eigenvalue weighted by Crippen LogP contribution is 2.29. The van der Waals surface area contributed by atoms with Crippen LogP contribution in [0, 0.1) is 6.92 Å². The molecule has 0 spiro atoms. The maximum absolute atomic E-state index is 4.75. The Hall–Kier alpha value is -1.75. The van der Waals surface area contributed by atoms with Crippen LogP contribution in [0.2, 0.25) is 0 Å². The van der Waals surface area contributed by atoms with Gasteiger partial charge in [0.15, 0.2) is 0 Å². The first-order valence-corrected chi connectivity index (χ1v) is 8.70. The minimum Gasteiger partial charge on any atom is -0.300 e. The molecular formula is C18H27N5. The summed E-state index contributed by atoms with van der Waals surface area (Å²) in [6.45, 7) is 11.8. The number of aryl methyl sites for hydroxylation is 2. The average Bonchev–Trinajstić information content (AvgIpc) is 3.03. The molecular weight excluding hydrogens is 286 g/mol. The molecule has 0 aliphatic carbocycles. The maximum Gasteiger partial charge on any atom is 0.126 e. The topological polar surface area (TPSA) is 46.8 Å². The van der Waals surface area contributed by atoms with Crippen LogP contribution in [0.5, 0.6) is 0 Å². The van der Waals surface area contributed by atoms with Crippen LogP contribution >= 0.6 is 0 Å². The van der Waals surface area contributed by atoms with Crippen LogP contribution in [-0.4, -0.2) is 43.8 Å². The summed E-state index contributed by atoms with van der Waals surface area (Å²) in [7, 11) is 0. The van der Waals surface area contributed by atoms with Gasteiger partial charge in [-0.2, -0.15) is 5.10 Å². The Labute approximate surface area is 138 Å². The SMILES string of the molecule is CCn1nccc1-c1cc([C@H]2CCCN(C(C)C)C2)nc(C)n1. The van der Waals surface area contributed by atoms with Crippen molar-refractivity contribution in [3.63, 3.8) is 0 Å². The molecule has 1 aliphatic heterocycles. The Morgan fingerprint density at radius 2 is 2.13 bits per heavy atom. The first-order chi connectivity index (χ1) is 11.1. The summed E-state index contributed by atoms with van der Waals surface area (Å²) in [6.07, 6.45) is 4.30. The van der Waals surface area contributed by atoms with Gasteiger partial charge in [-0.1, -0.05) is 0 Å². The quantitative estimate of drug-likeness (QED) is 0.869. The van der Waals surface area contributed by atoms with Gasteiger partial charge < -0.3 is 4.90 Å². The Kier molecular flexibility index (Phi) is 4.76. The molecule has 1 fully saturated rings. The third kappa shape index (κ3) is 3.44. The Balaban J connectivity index is 1.91. The van der Waals surface area contributed by atoms with E-state index in [2.05, 4.69) is 41.8 Å². The Bertz CT molecular complexity index is 661. The summed E-state index contributed by atoms with van der Waals surface area (Å²) in [6, 6.07) is 4.81. The van der Waals surface area contributed by atoms with E-state index in [1.165, 1.54) is 25.1 Å². The summed E-state index contributed by atoms with van der Waals surface area (Å²) in [5.41, 5.74) is 3.26. The number of likely N-dealkylation sites (tertiary alicyclic amines) is 1. The van der Waals surface area contributed by atoms with Crippen LogP contribution in [0.1, 0.15) is 51.0 Å². The second kappa shape index (κ2) is 6.79. The third-order valence-corrected chi connectivity index (χ3v) is 4.74. The molecule has 0 N–H and O–H groups in total. The predicted octanol–water partition coefficient (Wildman–Crippen LogP) is 3.26. The van der Waals surface area contributed by atoms with Crippen molar-refractivity contribution in [2.24, 2.45) is 0 Å². The van der Waals surface area contributed by atoms with Gasteiger partial charge in [-0.05, 0) is 59.2 Å². The van der Waals surface area contributed by atoms with Gasteiger partial charge in [-0.25, -0.2) is 9.97 Å². The minimum atomic E-state index is 0.504. The lowest BCUT2D eigenvalue weighted by Gasteiger charge is -2.35. The second-order valence-electron chi connectivity index (χ2n) is 6.69. The Morgan fingerprint density at radius 1 is 1.30 bits per heavy atom. The molecule has 0 amide bonds. The summed E-state index contributed by atoms with van der Waals surface area (Å²) in [5, 5.41) is 4.37. The van der Waals surface area contributed by atoms with Crippen LogP contribution in [0.3, 0.4) is 0 Å². The van der Waals surface area contributed by atoms with Crippen molar-refractivity contribution in [3.05, 3.63) is 29.8 Å². The van der Waals surface area contributed by atoms with Crippen LogP contribution in [-0.2, 0) is 6.54 Å². The van der Waals surface area contributed by atoms with Gasteiger partial charge in [0.2, 0.25) is 0 Å². The van der Waals surface area contributed by atoms with E-state index in [-0.39, 0.29) is 0 Å². The second-order valence-corrected chi connectivity index (χ2v) is 6.69. The van der Waals surface area contributed by atoms with E-state index < -0.39 is 0 Å². The van der Waals surface area contributed by atoms with E-state index in [0.29, 0.717) is 12.0 Å². The highest BCUT2D eigenvalue weighted by molar-refractivity contribution is 5.54. The molecule has 0 saturated carbocycles. The van der Waals surface area contributed by atoms with E-state index >= 15 is 0 Å². The molecule has 1 saturated heterocycles. The summed E-state index contributed by atoms with van der Waals surface area (Å²) in [5.74, 6) is 1.35. The van der Waals surface area contributed by atoms with E-state index in [9.17, 15) is 0 Å². The molecule has 1 aliphatic rings. The maximum atomic E-state index is 4.75. The lowest BCUT2D eigenvalue weighted by atomic mass is 9.93. The van der Waals surface area contributed by atoms with Crippen LogP contribution in [0.25, 0.3) is 11.4 Å². The number of rotatable bonds is 4. The average molecular weight is 313 g/mol. The molecule has 124 valence electrons. The first-order valence-electron chi connectivity index (χ1n) is 8.70. The van der Waals surface area contributed by atoms with E-state index in [4.69, 9.17) is 4.98 Å². The molecule has 5 nitrogen and oxygen atoms in total. The lowest BCUT2D eigenvalue weighted by molar-refractivity contribution is 0.166. The number of hydrogen-bond acceptors (Lipinski definition) is 4. The van der Waals surface area contributed by atoms with E-state index in [1.807, 2.05) is 23.9 Å². The van der Waals surface area contributed by atoms with Gasteiger partial charge in [-0.3, -0.25) is 4.68 Å². The van der Waals surface area contributed by atoms with E-state index in [0.717, 1.165) is 30.3 Å². The monoisotopic (exact) mass is 313 g/mol. The smallest absolute Gasteiger partial charge is 0.126 e. The molecule has 0 bridgehead atoms. The highest BCUT2D eigenvalue weighted by atomic mass is 15.3. The molecule has 0 radical (unpaired) electrons. The molecule has 0 unspecified atom stereocenters. The lowest BCUT2D eigenvalue weighted by Crippen LogP contribution is -2.39. The minimum absolute atomic E-state index is 0.504. The van der Waals surface area contributed by atoms with Crippen molar-refractivity contribution in [2.45, 2.75) is 59.0 Å². The molecule has 3 rings (SSSR count). The van der Waals surface area contributed by atoms with Crippen molar-refractivity contribution < 1.29 is 0 Å². The molecule has 23 heavy (non-hydrogen) atoms. The van der Waals surface area contributed by atoms with Crippen LogP contribution in [0.4, 0.5) is 0 Å². The number of aromatic nitrogens is 4. The predicted molar refractivity (Wildman–Crippen MR) is 92.3 cm³/mol. The van der Waals surface area contributed by atoms with Crippen molar-refractivity contribution in [3.8, 4) is 11.4 Å². The largest absolute Gasteiger partial charge is 0.300 e. The summed E-state index contributed by atoms with van der Waals surface area (Å²) in [4.78, 5) is 12.0.